The molecule has 1 saturated heterocycles. The molecule has 2 unspecified atom stereocenters. The smallest absolute Gasteiger partial charge is 0.435 e. The molecule has 0 spiro atoms. The number of benzene rings is 1. The molecule has 2 aromatic rings. The number of ether oxygens (including phenoxy) is 1. The second-order valence-corrected chi connectivity index (χ2v) is 11.0. The fourth-order valence-corrected chi connectivity index (χ4v) is 6.41. The summed E-state index contributed by atoms with van der Waals surface area (Å²) in [7, 11) is -3.86. The molecule has 3 heterocycles. The van der Waals surface area contributed by atoms with Crippen LogP contribution in [0.1, 0.15) is 20.8 Å². The largest absolute Gasteiger partial charge is 0.442 e. The maximum absolute atomic E-state index is 13.0. The number of nitrogens with zero attached hydrogens (tertiary/aromatic N) is 4. The maximum atomic E-state index is 13.0. The number of hydrogen-bond acceptors (Lipinski definition) is 8. The molecule has 1 N–H and O–H groups in total. The third-order valence-corrected chi connectivity index (χ3v) is 7.44. The first-order valence-electron chi connectivity index (χ1n) is 8.89. The lowest BCUT2D eigenvalue weighted by molar-refractivity contribution is 0.0523. The summed E-state index contributed by atoms with van der Waals surface area (Å²) in [6, 6.07) is 4.84. The number of fused-ring (bicyclic) bond motifs is 2. The number of alkyl halides is 1. The van der Waals surface area contributed by atoms with Gasteiger partial charge in [-0.05, 0) is 39.0 Å². The molecule has 1 fully saturated rings. The molecule has 9 nitrogen and oxygen atoms in total. The number of carbonyl (C=O) groups is 1. The highest BCUT2D eigenvalue weighted by molar-refractivity contribution is 8.14. The summed E-state index contributed by atoms with van der Waals surface area (Å²) in [5, 5.41) is 4.41. The normalized spacial score (nSPS) is 21.9. The zero-order valence-corrected chi connectivity index (χ0v) is 18.4. The molecular weight excluding hydrogens is 438 g/mol. The summed E-state index contributed by atoms with van der Waals surface area (Å²) in [4.78, 5) is 18.3. The van der Waals surface area contributed by atoms with Crippen LogP contribution in [0.4, 0.5) is 10.5 Å². The van der Waals surface area contributed by atoms with Crippen molar-refractivity contribution in [2.75, 3.05) is 17.0 Å². The SMILES string of the molecule is CC(C)(C)OC(=O)n1ncc2ccc(NS(=O)(=O)C3C(Cl)N=C4SCCN43)cc21. The molecule has 0 radical (unpaired) electrons. The van der Waals surface area contributed by atoms with Gasteiger partial charge in [0.1, 0.15) is 5.60 Å². The van der Waals surface area contributed by atoms with Crippen molar-refractivity contribution in [3.63, 3.8) is 0 Å². The highest BCUT2D eigenvalue weighted by Crippen LogP contribution is 2.34. The standard InChI is InChI=1S/C17H20ClN5O4S2/c1-17(2,3)27-16(24)23-12-8-11(5-4-10(12)9-19-23)21-29(25,26)14-13(18)20-15-22(14)6-7-28-15/h4-5,8-9,13-14,21H,6-7H2,1-3H3. The van der Waals surface area contributed by atoms with Crippen LogP contribution in [-0.2, 0) is 14.8 Å². The molecule has 2 atom stereocenters. The Morgan fingerprint density at radius 1 is 1.38 bits per heavy atom. The second kappa shape index (κ2) is 7.06. The molecule has 0 saturated carbocycles. The zero-order chi connectivity index (χ0) is 21.0. The van der Waals surface area contributed by atoms with Crippen LogP contribution in [0, 0.1) is 0 Å². The van der Waals surface area contributed by atoms with E-state index in [4.69, 9.17) is 16.3 Å². The molecule has 12 heteroatoms. The number of amidine groups is 1. The first-order valence-corrected chi connectivity index (χ1v) is 11.9. The van der Waals surface area contributed by atoms with Gasteiger partial charge in [0.25, 0.3) is 10.0 Å². The highest BCUT2D eigenvalue weighted by Gasteiger charge is 2.46. The molecule has 0 aliphatic carbocycles. The average Bonchev–Trinajstić information content (AvgIpc) is 3.25. The van der Waals surface area contributed by atoms with Crippen LogP contribution in [0.15, 0.2) is 29.4 Å². The summed E-state index contributed by atoms with van der Waals surface area (Å²) in [6.07, 6.45) is 0.876. The van der Waals surface area contributed by atoms with Gasteiger partial charge in [0.15, 0.2) is 16.0 Å². The third kappa shape index (κ3) is 3.90. The summed E-state index contributed by atoms with van der Waals surface area (Å²) < 4.78 is 35.0. The van der Waals surface area contributed by atoms with E-state index in [9.17, 15) is 13.2 Å². The third-order valence-electron chi connectivity index (χ3n) is 4.30. The Labute approximate surface area is 177 Å². The zero-order valence-electron chi connectivity index (χ0n) is 16.0. The van der Waals surface area contributed by atoms with Gasteiger partial charge < -0.3 is 9.64 Å². The second-order valence-electron chi connectivity index (χ2n) is 7.67. The number of halogens is 1. The Hall–Kier alpha value is -1.98. The molecule has 0 amide bonds. The topological polar surface area (TPSA) is 106 Å². The van der Waals surface area contributed by atoms with Gasteiger partial charge in [-0.15, -0.1) is 0 Å². The number of sulfonamides is 1. The Morgan fingerprint density at radius 2 is 2.14 bits per heavy atom. The molecule has 29 heavy (non-hydrogen) atoms. The number of rotatable bonds is 3. The van der Waals surface area contributed by atoms with Gasteiger partial charge in [-0.2, -0.15) is 9.78 Å². The molecular formula is C17H20ClN5O4S2. The lowest BCUT2D eigenvalue weighted by Gasteiger charge is -2.24. The molecule has 0 bridgehead atoms. The van der Waals surface area contributed by atoms with E-state index in [0.717, 1.165) is 10.4 Å². The number of anilines is 1. The molecule has 2 aliphatic rings. The van der Waals surface area contributed by atoms with E-state index in [0.29, 0.717) is 28.3 Å². The van der Waals surface area contributed by atoms with Gasteiger partial charge in [-0.25, -0.2) is 18.2 Å². The summed E-state index contributed by atoms with van der Waals surface area (Å²) in [6.45, 7) is 5.84. The van der Waals surface area contributed by atoms with Crippen LogP contribution in [0.3, 0.4) is 0 Å². The van der Waals surface area contributed by atoms with Crippen molar-refractivity contribution in [2.45, 2.75) is 37.2 Å². The number of thioether (sulfide) groups is 1. The van der Waals surface area contributed by atoms with Crippen molar-refractivity contribution in [1.82, 2.24) is 14.7 Å². The molecule has 156 valence electrons. The van der Waals surface area contributed by atoms with Gasteiger partial charge in [0.2, 0.25) is 0 Å². The van der Waals surface area contributed by atoms with Crippen LogP contribution in [0.25, 0.3) is 10.9 Å². The minimum absolute atomic E-state index is 0.298. The van der Waals surface area contributed by atoms with Gasteiger partial charge in [0.05, 0.1) is 17.4 Å². The monoisotopic (exact) mass is 457 g/mol. The van der Waals surface area contributed by atoms with Crippen molar-refractivity contribution >= 4 is 61.2 Å². The van der Waals surface area contributed by atoms with Crippen molar-refractivity contribution in [1.29, 1.82) is 0 Å². The van der Waals surface area contributed by atoms with Gasteiger partial charge in [0, 0.05) is 17.7 Å². The van der Waals surface area contributed by atoms with Gasteiger partial charge in [-0.3, -0.25) is 4.72 Å². The van der Waals surface area contributed by atoms with E-state index in [1.54, 1.807) is 43.9 Å². The number of nitrogens with one attached hydrogen (secondary N) is 1. The van der Waals surface area contributed by atoms with Crippen LogP contribution in [0.2, 0.25) is 0 Å². The first kappa shape index (κ1) is 20.3. The van der Waals surface area contributed by atoms with Crippen LogP contribution in [0.5, 0.6) is 0 Å². The Bertz CT molecular complexity index is 1110. The first-order chi connectivity index (χ1) is 13.5. The van der Waals surface area contributed by atoms with Crippen molar-refractivity contribution in [3.05, 3.63) is 24.4 Å². The predicted octanol–water partition coefficient (Wildman–Crippen LogP) is 2.87. The Kier molecular flexibility index (Phi) is 4.94. The minimum atomic E-state index is -3.86. The predicted molar refractivity (Wildman–Crippen MR) is 114 cm³/mol. The maximum Gasteiger partial charge on any atom is 0.435 e. The minimum Gasteiger partial charge on any atom is -0.442 e. The summed E-state index contributed by atoms with van der Waals surface area (Å²) >= 11 is 7.69. The van der Waals surface area contributed by atoms with E-state index in [1.807, 2.05) is 0 Å². The van der Waals surface area contributed by atoms with Crippen LogP contribution < -0.4 is 4.72 Å². The summed E-state index contributed by atoms with van der Waals surface area (Å²) in [5.74, 6) is 0.773. The van der Waals surface area contributed by atoms with Crippen molar-refractivity contribution in [3.8, 4) is 0 Å². The van der Waals surface area contributed by atoms with Crippen LogP contribution in [-0.4, -0.2) is 63.1 Å². The average molecular weight is 458 g/mol. The molecule has 2 aliphatic heterocycles. The van der Waals surface area contributed by atoms with E-state index in [2.05, 4.69) is 14.8 Å². The number of carbonyl (C=O) groups excluding carboxylic acids is 1. The van der Waals surface area contributed by atoms with E-state index in [1.165, 1.54) is 18.0 Å². The van der Waals surface area contributed by atoms with Crippen molar-refractivity contribution < 1.29 is 17.9 Å². The van der Waals surface area contributed by atoms with Gasteiger partial charge in [-0.1, -0.05) is 23.4 Å². The quantitative estimate of drug-likeness (QED) is 0.557. The summed E-state index contributed by atoms with van der Waals surface area (Å²) in [5.41, 5.74) is -0.835. The molecule has 1 aromatic carbocycles. The number of hydrogen-bond donors (Lipinski definition) is 1. The molecule has 4 rings (SSSR count). The van der Waals surface area contributed by atoms with E-state index in [-0.39, 0.29) is 0 Å². The lowest BCUT2D eigenvalue weighted by Crippen LogP contribution is -2.44. The highest BCUT2D eigenvalue weighted by atomic mass is 35.5. The van der Waals surface area contributed by atoms with E-state index >= 15 is 0 Å². The molecule has 1 aromatic heterocycles. The van der Waals surface area contributed by atoms with Crippen molar-refractivity contribution in [2.24, 2.45) is 4.99 Å². The number of aliphatic imine (C=N–C) groups is 1. The van der Waals surface area contributed by atoms with Gasteiger partial charge >= 0.3 is 6.09 Å². The lowest BCUT2D eigenvalue weighted by atomic mass is 10.2. The Balaban J connectivity index is 1.62. The number of aromatic nitrogens is 2. The van der Waals surface area contributed by atoms with Crippen LogP contribution >= 0.6 is 23.4 Å². The Morgan fingerprint density at radius 3 is 2.86 bits per heavy atom. The van der Waals surface area contributed by atoms with E-state index < -0.39 is 32.6 Å². The fourth-order valence-electron chi connectivity index (χ4n) is 3.15. The fraction of sp³-hybridized carbons (Fsp3) is 0.471.